The minimum Gasteiger partial charge on any atom is -0.530 e. The smallest absolute Gasteiger partial charge is 0.248 e. The predicted molar refractivity (Wildman–Crippen MR) is 97.8 cm³/mol. The van der Waals surface area contributed by atoms with Gasteiger partial charge >= 0.3 is 0 Å². The second kappa shape index (κ2) is 7.03. The molecular weight excluding hydrogens is 416 g/mol. The number of anilines is 1. The fourth-order valence-corrected chi connectivity index (χ4v) is 4.59. The SMILES string of the molecule is C[C@@]12C[C@@H](C(=O)Nc3nc(Br)ccc3CC3C[NH2+]CCO3)N(C(=O)[O-])[C@@H]1C2. The van der Waals surface area contributed by atoms with Crippen molar-refractivity contribution in [3.05, 3.63) is 22.3 Å². The number of aromatic nitrogens is 1. The summed E-state index contributed by atoms with van der Waals surface area (Å²) >= 11 is 3.34. The van der Waals surface area contributed by atoms with Crippen molar-refractivity contribution in [2.45, 2.75) is 44.4 Å². The van der Waals surface area contributed by atoms with Gasteiger partial charge in [0.25, 0.3) is 0 Å². The number of morpholine rings is 1. The van der Waals surface area contributed by atoms with E-state index in [-0.39, 0.29) is 23.5 Å². The molecule has 0 bridgehead atoms. The lowest BCUT2D eigenvalue weighted by molar-refractivity contribution is -0.677. The predicted octanol–water partition coefficient (Wildman–Crippen LogP) is -0.516. The van der Waals surface area contributed by atoms with Crippen molar-refractivity contribution >= 4 is 33.7 Å². The minimum atomic E-state index is -1.28. The van der Waals surface area contributed by atoms with E-state index < -0.39 is 12.1 Å². The second-order valence-electron chi connectivity index (χ2n) is 7.91. The molecular formula is C18H23BrN4O4. The van der Waals surface area contributed by atoms with Crippen LogP contribution in [0.2, 0.25) is 0 Å². The Balaban J connectivity index is 1.50. The van der Waals surface area contributed by atoms with E-state index >= 15 is 0 Å². The maximum atomic E-state index is 12.9. The van der Waals surface area contributed by atoms with Crippen molar-refractivity contribution in [1.82, 2.24) is 9.88 Å². The number of quaternary nitrogens is 1. The van der Waals surface area contributed by atoms with Crippen molar-refractivity contribution < 1.29 is 24.7 Å². The van der Waals surface area contributed by atoms with Gasteiger partial charge in [-0.05, 0) is 45.8 Å². The third-order valence-corrected chi connectivity index (χ3v) is 6.33. The van der Waals surface area contributed by atoms with Crippen LogP contribution in [0.5, 0.6) is 0 Å². The Morgan fingerprint density at radius 3 is 3.00 bits per heavy atom. The first kappa shape index (κ1) is 18.6. The highest BCUT2D eigenvalue weighted by molar-refractivity contribution is 9.10. The van der Waals surface area contributed by atoms with Crippen LogP contribution < -0.4 is 15.7 Å². The standard InChI is InChI=1S/C18H23BrN4O4/c1-18-7-12(23(17(25)26)13(18)8-18)16(24)22-15-10(2-3-14(19)21-15)6-11-9-20-4-5-27-11/h2-3,11-13,20H,4-9H2,1H3,(H,25,26)(H,21,22,24)/t11?,12-,13+,18-/m0/s1. The first-order chi connectivity index (χ1) is 12.9. The molecule has 146 valence electrons. The summed E-state index contributed by atoms with van der Waals surface area (Å²) in [5.74, 6) is 0.100. The van der Waals surface area contributed by atoms with E-state index in [2.05, 4.69) is 31.5 Å². The summed E-state index contributed by atoms with van der Waals surface area (Å²) in [5.41, 5.74) is 0.766. The van der Waals surface area contributed by atoms with Gasteiger partial charge in [0, 0.05) is 12.5 Å². The molecule has 9 heteroatoms. The van der Waals surface area contributed by atoms with Crippen LogP contribution in [-0.4, -0.2) is 59.8 Å². The summed E-state index contributed by atoms with van der Waals surface area (Å²) in [4.78, 5) is 30.0. The number of carboxylic acid groups (broad SMARTS) is 1. The van der Waals surface area contributed by atoms with Gasteiger partial charge in [0.2, 0.25) is 5.91 Å². The highest BCUT2D eigenvalue weighted by atomic mass is 79.9. The number of hydrogen-bond acceptors (Lipinski definition) is 5. The number of ether oxygens (including phenoxy) is 1. The van der Waals surface area contributed by atoms with Crippen molar-refractivity contribution in [3.63, 3.8) is 0 Å². The van der Waals surface area contributed by atoms with Crippen LogP contribution in [0.4, 0.5) is 10.6 Å². The highest BCUT2D eigenvalue weighted by Crippen LogP contribution is 2.59. The first-order valence-corrected chi connectivity index (χ1v) is 10.1. The van der Waals surface area contributed by atoms with Gasteiger partial charge in [0.05, 0.1) is 13.2 Å². The van der Waals surface area contributed by atoms with Crippen LogP contribution in [0, 0.1) is 5.41 Å². The molecule has 2 amide bonds. The maximum absolute atomic E-state index is 12.9. The number of piperidine rings is 1. The van der Waals surface area contributed by atoms with Gasteiger partial charge in [-0.3, -0.25) is 4.79 Å². The zero-order chi connectivity index (χ0) is 19.2. The number of rotatable bonds is 4. The average Bonchev–Trinajstić information content (AvgIpc) is 3.18. The Hall–Kier alpha value is -1.71. The number of amides is 2. The third-order valence-electron chi connectivity index (χ3n) is 5.89. The van der Waals surface area contributed by atoms with E-state index in [0.717, 1.165) is 25.1 Å². The van der Waals surface area contributed by atoms with Crippen molar-refractivity contribution in [2.75, 3.05) is 25.0 Å². The van der Waals surface area contributed by atoms with E-state index in [0.29, 0.717) is 29.9 Å². The number of halogens is 1. The molecule has 1 aromatic heterocycles. The zero-order valence-electron chi connectivity index (χ0n) is 15.1. The number of fused-ring (bicyclic) bond motifs is 1. The summed E-state index contributed by atoms with van der Waals surface area (Å²) in [6.07, 6.45) is 0.731. The largest absolute Gasteiger partial charge is 0.530 e. The molecule has 4 atom stereocenters. The van der Waals surface area contributed by atoms with Crippen LogP contribution in [0.25, 0.3) is 0 Å². The van der Waals surface area contributed by atoms with Crippen molar-refractivity contribution in [1.29, 1.82) is 0 Å². The van der Waals surface area contributed by atoms with Crippen LogP contribution in [0.1, 0.15) is 25.3 Å². The van der Waals surface area contributed by atoms with E-state index in [4.69, 9.17) is 4.74 Å². The molecule has 3 fully saturated rings. The Bertz CT molecular complexity index is 770. The van der Waals surface area contributed by atoms with Crippen LogP contribution in [0.3, 0.4) is 0 Å². The Kier molecular flexibility index (Phi) is 4.85. The molecule has 0 radical (unpaired) electrons. The fourth-order valence-electron chi connectivity index (χ4n) is 4.28. The molecule has 1 saturated carbocycles. The van der Waals surface area contributed by atoms with Gasteiger partial charge in [0.15, 0.2) is 0 Å². The average molecular weight is 439 g/mol. The van der Waals surface area contributed by atoms with Gasteiger partial charge in [-0.15, -0.1) is 0 Å². The molecule has 1 unspecified atom stereocenters. The number of carbonyl (C=O) groups excluding carboxylic acids is 2. The molecule has 3 aliphatic rings. The highest BCUT2D eigenvalue weighted by Gasteiger charge is 2.63. The molecule has 3 heterocycles. The van der Waals surface area contributed by atoms with E-state index in [1.807, 2.05) is 19.1 Å². The fraction of sp³-hybridized carbons (Fsp3) is 0.611. The van der Waals surface area contributed by atoms with E-state index in [1.54, 1.807) is 0 Å². The van der Waals surface area contributed by atoms with Gasteiger partial charge < -0.3 is 30.2 Å². The minimum absolute atomic E-state index is 0.0649. The normalized spacial score (nSPS) is 32.1. The lowest BCUT2D eigenvalue weighted by Gasteiger charge is -2.29. The lowest BCUT2D eigenvalue weighted by Crippen LogP contribution is -2.89. The monoisotopic (exact) mass is 438 g/mol. The molecule has 4 rings (SSSR count). The number of pyridine rings is 1. The van der Waals surface area contributed by atoms with E-state index in [9.17, 15) is 14.7 Å². The Morgan fingerprint density at radius 2 is 2.30 bits per heavy atom. The molecule has 1 aliphatic carbocycles. The van der Waals surface area contributed by atoms with Crippen LogP contribution in [-0.2, 0) is 16.0 Å². The Morgan fingerprint density at radius 1 is 1.48 bits per heavy atom. The van der Waals surface area contributed by atoms with Crippen molar-refractivity contribution in [3.8, 4) is 0 Å². The van der Waals surface area contributed by atoms with E-state index in [1.165, 1.54) is 4.90 Å². The summed E-state index contributed by atoms with van der Waals surface area (Å²) < 4.78 is 6.38. The maximum Gasteiger partial charge on any atom is 0.248 e. The van der Waals surface area contributed by atoms with Gasteiger partial charge in [-0.25, -0.2) is 4.98 Å². The summed E-state index contributed by atoms with van der Waals surface area (Å²) in [5, 5.41) is 16.6. The van der Waals surface area contributed by atoms with Gasteiger partial charge in [-0.2, -0.15) is 0 Å². The molecule has 27 heavy (non-hydrogen) atoms. The number of nitrogens with two attached hydrogens (primary N) is 1. The number of carbonyl (C=O) groups is 2. The molecule has 0 spiro atoms. The van der Waals surface area contributed by atoms with Gasteiger partial charge in [-0.1, -0.05) is 13.0 Å². The zero-order valence-corrected chi connectivity index (χ0v) is 16.7. The summed E-state index contributed by atoms with van der Waals surface area (Å²) in [6.45, 7) is 4.55. The first-order valence-electron chi connectivity index (χ1n) is 9.26. The second-order valence-corrected chi connectivity index (χ2v) is 8.72. The molecule has 8 nitrogen and oxygen atoms in total. The quantitative estimate of drug-likeness (QED) is 0.614. The molecule has 2 saturated heterocycles. The number of hydrogen-bond donors (Lipinski definition) is 2. The molecule has 1 aromatic rings. The lowest BCUT2D eigenvalue weighted by atomic mass is 10.0. The number of likely N-dealkylation sites (tertiary alicyclic amines) is 1. The van der Waals surface area contributed by atoms with Crippen molar-refractivity contribution in [2.24, 2.45) is 5.41 Å². The molecule has 3 N–H and O–H groups in total. The summed E-state index contributed by atoms with van der Waals surface area (Å²) in [7, 11) is 0. The number of nitrogens with zero attached hydrogens (tertiary/aromatic N) is 2. The van der Waals surface area contributed by atoms with Gasteiger partial charge in [0.1, 0.15) is 35.2 Å². The summed E-state index contributed by atoms with van der Waals surface area (Å²) in [6, 6.07) is 2.90. The molecule has 0 aromatic carbocycles. The van der Waals surface area contributed by atoms with Crippen LogP contribution >= 0.6 is 15.9 Å². The van der Waals surface area contributed by atoms with Crippen LogP contribution in [0.15, 0.2) is 16.7 Å². The topological polar surface area (TPSA) is 111 Å². The Labute approximate surface area is 165 Å². The number of nitrogens with one attached hydrogen (secondary N) is 1. The third kappa shape index (κ3) is 3.68. The molecule has 2 aliphatic heterocycles.